The molecule has 0 unspecified atom stereocenters. The molecule has 1 heterocycles. The third-order valence-corrected chi connectivity index (χ3v) is 2.89. The summed E-state index contributed by atoms with van der Waals surface area (Å²) in [7, 11) is 0. The van der Waals surface area contributed by atoms with Crippen LogP contribution >= 0.6 is 45.8 Å². The maximum atomic E-state index is 5.85. The second kappa shape index (κ2) is 4.04. The fraction of sp³-hybridized carbons (Fsp3) is 0. The van der Waals surface area contributed by atoms with Crippen molar-refractivity contribution in [3.63, 3.8) is 0 Å². The molecule has 0 radical (unpaired) electrons. The van der Waals surface area contributed by atoms with Gasteiger partial charge in [0.05, 0.1) is 5.56 Å². The smallest absolute Gasteiger partial charge is 0.313 e. The molecule has 0 aliphatic rings. The number of halogens is 3. The molecule has 1 aromatic heterocycles. The largest absolute Gasteiger partial charge is 0.407 e. The lowest BCUT2D eigenvalue weighted by Crippen LogP contribution is -1.82. The summed E-state index contributed by atoms with van der Waals surface area (Å²) in [5.41, 5.74) is 0.789. The fourth-order valence-corrected chi connectivity index (χ4v) is 1.82. The van der Waals surface area contributed by atoms with Crippen LogP contribution in [0.2, 0.25) is 10.4 Å². The molecule has 0 aliphatic heterocycles. The molecule has 2 rings (SSSR count). The van der Waals surface area contributed by atoms with E-state index < -0.39 is 0 Å². The van der Waals surface area contributed by atoms with Crippen LogP contribution in [0.1, 0.15) is 0 Å². The third-order valence-electron chi connectivity index (χ3n) is 1.56. The molecule has 0 aliphatic carbocycles. The van der Waals surface area contributed by atoms with Gasteiger partial charge in [0.25, 0.3) is 0 Å². The normalized spacial score (nSPS) is 10.5. The van der Waals surface area contributed by atoms with E-state index in [1.807, 2.05) is 6.07 Å². The Morgan fingerprint density at radius 1 is 1.21 bits per heavy atom. The Bertz CT molecular complexity index is 472. The highest BCUT2D eigenvalue weighted by Crippen LogP contribution is 2.27. The summed E-state index contributed by atoms with van der Waals surface area (Å²) < 4.78 is 6.06. The molecule has 1 aromatic carbocycles. The summed E-state index contributed by atoms with van der Waals surface area (Å²) in [6.07, 6.45) is 0. The SMILES string of the molecule is Clc1ccc(I)c(-c2nnc(Cl)o2)c1. The second-order valence-corrected chi connectivity index (χ2v) is 4.41. The zero-order chi connectivity index (χ0) is 10.1. The van der Waals surface area contributed by atoms with E-state index in [1.54, 1.807) is 12.1 Å². The van der Waals surface area contributed by atoms with E-state index in [1.165, 1.54) is 0 Å². The number of benzene rings is 1. The third kappa shape index (κ3) is 2.02. The summed E-state index contributed by atoms with van der Waals surface area (Å²) in [4.78, 5) is 0. The van der Waals surface area contributed by atoms with Crippen LogP contribution in [0, 0.1) is 3.57 Å². The van der Waals surface area contributed by atoms with Gasteiger partial charge < -0.3 is 4.42 Å². The molecule has 0 saturated heterocycles. The van der Waals surface area contributed by atoms with Crippen LogP contribution in [0.4, 0.5) is 0 Å². The van der Waals surface area contributed by atoms with Gasteiger partial charge in [0.2, 0.25) is 5.89 Å². The van der Waals surface area contributed by atoms with Crippen molar-refractivity contribution in [3.8, 4) is 11.5 Å². The van der Waals surface area contributed by atoms with Gasteiger partial charge in [0, 0.05) is 8.59 Å². The van der Waals surface area contributed by atoms with Crippen molar-refractivity contribution in [2.24, 2.45) is 0 Å². The zero-order valence-electron chi connectivity index (χ0n) is 6.67. The molecule has 0 N–H and O–H groups in total. The molecule has 2 aromatic rings. The number of aromatic nitrogens is 2. The predicted octanol–water partition coefficient (Wildman–Crippen LogP) is 3.65. The monoisotopic (exact) mass is 340 g/mol. The van der Waals surface area contributed by atoms with Crippen molar-refractivity contribution in [1.82, 2.24) is 10.2 Å². The van der Waals surface area contributed by atoms with Crippen LogP contribution in [0.3, 0.4) is 0 Å². The lowest BCUT2D eigenvalue weighted by atomic mass is 10.2. The van der Waals surface area contributed by atoms with Gasteiger partial charge in [-0.15, -0.1) is 5.10 Å². The average Bonchev–Trinajstić information content (AvgIpc) is 2.56. The molecule has 0 fully saturated rings. The fourth-order valence-electron chi connectivity index (χ4n) is 0.976. The number of hydrogen-bond donors (Lipinski definition) is 0. The molecule has 0 atom stereocenters. The van der Waals surface area contributed by atoms with E-state index in [0.29, 0.717) is 10.9 Å². The second-order valence-electron chi connectivity index (χ2n) is 2.48. The summed E-state index contributed by atoms with van der Waals surface area (Å²) in [6.45, 7) is 0. The highest BCUT2D eigenvalue weighted by atomic mass is 127. The van der Waals surface area contributed by atoms with Crippen LogP contribution in [-0.4, -0.2) is 10.2 Å². The van der Waals surface area contributed by atoms with Crippen LogP contribution in [0.15, 0.2) is 22.6 Å². The van der Waals surface area contributed by atoms with Gasteiger partial charge >= 0.3 is 5.35 Å². The van der Waals surface area contributed by atoms with Gasteiger partial charge in [-0.3, -0.25) is 0 Å². The maximum absolute atomic E-state index is 5.85. The molecule has 0 spiro atoms. The van der Waals surface area contributed by atoms with E-state index in [0.717, 1.165) is 9.13 Å². The minimum absolute atomic E-state index is 0.0239. The first kappa shape index (κ1) is 10.2. The lowest BCUT2D eigenvalue weighted by Gasteiger charge is -1.98. The molecule has 0 amide bonds. The van der Waals surface area contributed by atoms with E-state index in [-0.39, 0.29) is 5.35 Å². The van der Waals surface area contributed by atoms with Gasteiger partial charge in [-0.25, -0.2) is 0 Å². The van der Waals surface area contributed by atoms with Gasteiger partial charge in [-0.2, -0.15) is 0 Å². The first-order chi connectivity index (χ1) is 6.66. The van der Waals surface area contributed by atoms with E-state index in [9.17, 15) is 0 Å². The van der Waals surface area contributed by atoms with Crippen LogP contribution < -0.4 is 0 Å². The standard InChI is InChI=1S/C8H3Cl2IN2O/c9-4-1-2-6(11)5(3-4)7-12-13-8(10)14-7/h1-3H. The number of nitrogens with zero attached hydrogens (tertiary/aromatic N) is 2. The molecule has 0 saturated carbocycles. The molecular weight excluding hydrogens is 338 g/mol. The number of rotatable bonds is 1. The topological polar surface area (TPSA) is 38.9 Å². The van der Waals surface area contributed by atoms with Crippen molar-refractivity contribution in [1.29, 1.82) is 0 Å². The molecule has 72 valence electrons. The summed E-state index contributed by atoms with van der Waals surface area (Å²) in [5, 5.41) is 7.99. The Hall–Kier alpha value is -0.330. The Labute approximate surface area is 104 Å². The van der Waals surface area contributed by atoms with Crippen molar-refractivity contribution in [3.05, 3.63) is 32.1 Å². The maximum Gasteiger partial charge on any atom is 0.313 e. The van der Waals surface area contributed by atoms with Gasteiger partial charge in [0.1, 0.15) is 0 Å². The number of hydrogen-bond acceptors (Lipinski definition) is 3. The van der Waals surface area contributed by atoms with Gasteiger partial charge in [-0.1, -0.05) is 16.7 Å². The quantitative estimate of drug-likeness (QED) is 0.744. The van der Waals surface area contributed by atoms with Crippen LogP contribution in [0.25, 0.3) is 11.5 Å². The molecular formula is C8H3Cl2IN2O. The summed E-state index contributed by atoms with van der Waals surface area (Å²) in [6, 6.07) is 5.42. The summed E-state index contributed by atoms with van der Waals surface area (Å²) in [5.74, 6) is 0.377. The molecule has 6 heteroatoms. The van der Waals surface area contributed by atoms with Crippen molar-refractivity contribution in [2.75, 3.05) is 0 Å². The van der Waals surface area contributed by atoms with Gasteiger partial charge in [-0.05, 0) is 52.4 Å². The zero-order valence-corrected chi connectivity index (χ0v) is 10.3. The van der Waals surface area contributed by atoms with Crippen LogP contribution in [0.5, 0.6) is 0 Å². The molecule has 0 bridgehead atoms. The first-order valence-corrected chi connectivity index (χ1v) is 5.45. The Balaban J connectivity index is 2.55. The highest BCUT2D eigenvalue weighted by molar-refractivity contribution is 14.1. The van der Waals surface area contributed by atoms with Crippen molar-refractivity contribution in [2.45, 2.75) is 0 Å². The minimum Gasteiger partial charge on any atom is -0.407 e. The van der Waals surface area contributed by atoms with Crippen molar-refractivity contribution < 1.29 is 4.42 Å². The lowest BCUT2D eigenvalue weighted by molar-refractivity contribution is 0.570. The van der Waals surface area contributed by atoms with Gasteiger partial charge in [0.15, 0.2) is 0 Å². The van der Waals surface area contributed by atoms with E-state index in [4.69, 9.17) is 27.6 Å². The van der Waals surface area contributed by atoms with E-state index in [2.05, 4.69) is 32.8 Å². The van der Waals surface area contributed by atoms with Crippen molar-refractivity contribution >= 4 is 45.8 Å². The Morgan fingerprint density at radius 3 is 2.64 bits per heavy atom. The Morgan fingerprint density at radius 2 is 2.00 bits per heavy atom. The molecule has 14 heavy (non-hydrogen) atoms. The predicted molar refractivity (Wildman–Crippen MR) is 62.5 cm³/mol. The molecule has 3 nitrogen and oxygen atoms in total. The summed E-state index contributed by atoms with van der Waals surface area (Å²) >= 11 is 13.5. The average molecular weight is 341 g/mol. The van der Waals surface area contributed by atoms with Crippen LogP contribution in [-0.2, 0) is 0 Å². The Kier molecular flexibility index (Phi) is 2.94. The first-order valence-electron chi connectivity index (χ1n) is 3.61. The highest BCUT2D eigenvalue weighted by Gasteiger charge is 2.10. The van der Waals surface area contributed by atoms with E-state index >= 15 is 0 Å². The minimum atomic E-state index is 0.0239.